The molecule has 0 radical (unpaired) electrons. The molecular formula is C17H23F3N2O5. The van der Waals surface area contributed by atoms with Crippen LogP contribution in [0.4, 0.5) is 13.2 Å². The van der Waals surface area contributed by atoms with E-state index in [-0.39, 0.29) is 18.1 Å². The topological polar surface area (TPSA) is 83.2 Å². The number of likely N-dealkylation sites (tertiary alicyclic amines) is 1. The second-order valence-electron chi connectivity index (χ2n) is 6.77. The minimum atomic E-state index is -5.08. The van der Waals surface area contributed by atoms with Crippen molar-refractivity contribution in [2.75, 3.05) is 20.6 Å². The predicted octanol–water partition coefficient (Wildman–Crippen LogP) is 2.04. The van der Waals surface area contributed by atoms with Gasteiger partial charge in [0, 0.05) is 33.1 Å². The van der Waals surface area contributed by atoms with Crippen LogP contribution in [0.2, 0.25) is 0 Å². The molecule has 7 nitrogen and oxygen atoms in total. The lowest BCUT2D eigenvalue weighted by atomic mass is 10.1. The van der Waals surface area contributed by atoms with Crippen molar-refractivity contribution in [2.24, 2.45) is 0 Å². The van der Waals surface area contributed by atoms with E-state index >= 15 is 0 Å². The van der Waals surface area contributed by atoms with Gasteiger partial charge in [0.15, 0.2) is 0 Å². The maximum atomic E-state index is 12.0. The average Bonchev–Trinajstić information content (AvgIpc) is 3.24. The highest BCUT2D eigenvalue weighted by atomic mass is 19.4. The van der Waals surface area contributed by atoms with E-state index < -0.39 is 12.1 Å². The van der Waals surface area contributed by atoms with Gasteiger partial charge in [-0.3, -0.25) is 9.69 Å². The van der Waals surface area contributed by atoms with Crippen LogP contribution in [-0.2, 0) is 20.9 Å². The van der Waals surface area contributed by atoms with Crippen LogP contribution in [0.5, 0.6) is 0 Å². The van der Waals surface area contributed by atoms with E-state index in [1.54, 1.807) is 19.0 Å². The van der Waals surface area contributed by atoms with Crippen molar-refractivity contribution in [1.29, 1.82) is 0 Å². The smallest absolute Gasteiger partial charge is 0.475 e. The minimum absolute atomic E-state index is 0.0770. The third-order valence-corrected chi connectivity index (χ3v) is 4.51. The number of carbonyl (C=O) groups excluding carboxylic acids is 1. The number of alkyl halides is 3. The lowest BCUT2D eigenvalue weighted by molar-refractivity contribution is -0.192. The van der Waals surface area contributed by atoms with Gasteiger partial charge in [0.1, 0.15) is 17.6 Å². The molecule has 2 aliphatic rings. The second-order valence-corrected chi connectivity index (χ2v) is 6.77. The molecule has 0 bridgehead atoms. The lowest BCUT2D eigenvalue weighted by Gasteiger charge is -2.21. The number of carbonyl (C=O) groups is 2. The van der Waals surface area contributed by atoms with Gasteiger partial charge >= 0.3 is 12.1 Å². The molecular weight excluding hydrogens is 369 g/mol. The van der Waals surface area contributed by atoms with E-state index in [2.05, 4.69) is 4.90 Å². The van der Waals surface area contributed by atoms with E-state index in [4.69, 9.17) is 19.1 Å². The Morgan fingerprint density at radius 2 is 1.96 bits per heavy atom. The highest BCUT2D eigenvalue weighted by molar-refractivity contribution is 5.80. The average molecular weight is 392 g/mol. The van der Waals surface area contributed by atoms with Crippen molar-refractivity contribution in [3.8, 4) is 0 Å². The molecule has 3 atom stereocenters. The Bertz CT molecular complexity index is 674. The predicted molar refractivity (Wildman–Crippen MR) is 87.9 cm³/mol. The van der Waals surface area contributed by atoms with Gasteiger partial charge in [-0.25, -0.2) is 4.79 Å². The molecule has 2 fully saturated rings. The fourth-order valence-electron chi connectivity index (χ4n) is 3.25. The summed E-state index contributed by atoms with van der Waals surface area (Å²) in [6.45, 7) is 3.78. The molecule has 1 amide bonds. The first-order valence-electron chi connectivity index (χ1n) is 8.45. The Labute approximate surface area is 154 Å². The number of hydrogen-bond acceptors (Lipinski definition) is 5. The maximum absolute atomic E-state index is 12.0. The molecule has 1 N–H and O–H groups in total. The van der Waals surface area contributed by atoms with Crippen LogP contribution in [0.1, 0.15) is 24.4 Å². The number of ether oxygens (including phenoxy) is 1. The molecule has 2 saturated heterocycles. The Balaban J connectivity index is 0.000000321. The fraction of sp³-hybridized carbons (Fsp3) is 0.647. The minimum Gasteiger partial charge on any atom is -0.475 e. The largest absolute Gasteiger partial charge is 0.490 e. The van der Waals surface area contributed by atoms with E-state index in [0.717, 1.165) is 37.5 Å². The van der Waals surface area contributed by atoms with Crippen molar-refractivity contribution in [3.05, 3.63) is 23.7 Å². The van der Waals surface area contributed by atoms with Crippen LogP contribution in [0.3, 0.4) is 0 Å². The molecule has 152 valence electrons. The molecule has 1 aromatic rings. The number of aliphatic carboxylic acids is 1. The monoisotopic (exact) mass is 392 g/mol. The van der Waals surface area contributed by atoms with Crippen LogP contribution in [0.15, 0.2) is 16.5 Å². The number of likely N-dealkylation sites (N-methyl/N-ethyl adjacent to an activating group) is 1. The number of aryl methyl sites for hydroxylation is 1. The standard InChI is InChI=1S/C15H22N2O3.C2HF3O2/c1-10-4-5-11(19-10)9-17-7-6-13-12(17)8-14(20-13)15(18)16(2)3;3-2(4,5)1(6)7/h4-5,12-14H,6-9H2,1-3H3;(H,6,7)/t12-,13-,14+;/m1./s1. The molecule has 27 heavy (non-hydrogen) atoms. The third kappa shape index (κ3) is 5.46. The normalized spacial score (nSPS) is 24.9. The summed E-state index contributed by atoms with van der Waals surface area (Å²) in [7, 11) is 3.56. The summed E-state index contributed by atoms with van der Waals surface area (Å²) in [5.74, 6) is -0.745. The van der Waals surface area contributed by atoms with Gasteiger partial charge in [-0.05, 0) is 25.5 Å². The molecule has 1 aromatic heterocycles. The van der Waals surface area contributed by atoms with Gasteiger partial charge in [0.25, 0.3) is 5.91 Å². The van der Waals surface area contributed by atoms with Crippen LogP contribution in [-0.4, -0.2) is 71.8 Å². The summed E-state index contributed by atoms with van der Waals surface area (Å²) in [6, 6.07) is 4.36. The Morgan fingerprint density at radius 1 is 1.33 bits per heavy atom. The Morgan fingerprint density at radius 3 is 2.44 bits per heavy atom. The van der Waals surface area contributed by atoms with E-state index in [1.807, 2.05) is 19.1 Å². The maximum Gasteiger partial charge on any atom is 0.490 e. The first-order chi connectivity index (χ1) is 12.5. The summed E-state index contributed by atoms with van der Waals surface area (Å²) in [5.41, 5.74) is 0. The quantitative estimate of drug-likeness (QED) is 0.848. The third-order valence-electron chi connectivity index (χ3n) is 4.51. The number of carboxylic acid groups (broad SMARTS) is 1. The number of carboxylic acids is 1. The molecule has 0 unspecified atom stereocenters. The summed E-state index contributed by atoms with van der Waals surface area (Å²) < 4.78 is 43.3. The molecule has 3 heterocycles. The second kappa shape index (κ2) is 8.30. The zero-order valence-electron chi connectivity index (χ0n) is 15.3. The zero-order chi connectivity index (χ0) is 20.4. The van der Waals surface area contributed by atoms with E-state index in [1.165, 1.54) is 0 Å². The fourth-order valence-corrected chi connectivity index (χ4v) is 3.25. The van der Waals surface area contributed by atoms with Gasteiger partial charge in [-0.2, -0.15) is 13.2 Å². The van der Waals surface area contributed by atoms with Crippen molar-refractivity contribution in [2.45, 2.75) is 50.7 Å². The molecule has 0 aliphatic carbocycles. The summed E-state index contributed by atoms with van der Waals surface area (Å²) in [6.07, 6.45) is -3.37. The SMILES string of the molecule is Cc1ccc(CN2CC[C@H]3O[C@H](C(=O)N(C)C)C[C@H]32)o1.O=C(O)C(F)(F)F. The van der Waals surface area contributed by atoms with E-state index in [9.17, 15) is 18.0 Å². The lowest BCUT2D eigenvalue weighted by Crippen LogP contribution is -2.35. The number of halogens is 3. The van der Waals surface area contributed by atoms with Crippen molar-refractivity contribution < 1.29 is 37.0 Å². The zero-order valence-corrected chi connectivity index (χ0v) is 15.3. The van der Waals surface area contributed by atoms with Gasteiger partial charge in [-0.15, -0.1) is 0 Å². The molecule has 2 aliphatic heterocycles. The number of furan rings is 1. The number of fused-ring (bicyclic) bond motifs is 1. The van der Waals surface area contributed by atoms with Crippen LogP contribution in [0.25, 0.3) is 0 Å². The number of amides is 1. The van der Waals surface area contributed by atoms with Crippen LogP contribution >= 0.6 is 0 Å². The Hall–Kier alpha value is -2.07. The van der Waals surface area contributed by atoms with Gasteiger partial charge in [0.05, 0.1) is 12.6 Å². The number of nitrogens with zero attached hydrogens (tertiary/aromatic N) is 2. The van der Waals surface area contributed by atoms with Crippen molar-refractivity contribution >= 4 is 11.9 Å². The van der Waals surface area contributed by atoms with Crippen molar-refractivity contribution in [3.63, 3.8) is 0 Å². The first-order valence-corrected chi connectivity index (χ1v) is 8.45. The van der Waals surface area contributed by atoms with Crippen LogP contribution < -0.4 is 0 Å². The highest BCUT2D eigenvalue weighted by Gasteiger charge is 2.46. The molecule has 3 rings (SSSR count). The molecule has 10 heteroatoms. The van der Waals surface area contributed by atoms with E-state index in [0.29, 0.717) is 6.04 Å². The van der Waals surface area contributed by atoms with Crippen LogP contribution in [0, 0.1) is 6.92 Å². The van der Waals surface area contributed by atoms with Gasteiger partial charge in [0.2, 0.25) is 0 Å². The van der Waals surface area contributed by atoms with Crippen molar-refractivity contribution in [1.82, 2.24) is 9.80 Å². The number of rotatable bonds is 3. The van der Waals surface area contributed by atoms with Gasteiger partial charge < -0.3 is 19.2 Å². The molecule has 0 aromatic carbocycles. The Kier molecular flexibility index (Phi) is 6.53. The summed E-state index contributed by atoms with van der Waals surface area (Å²) >= 11 is 0. The number of hydrogen-bond donors (Lipinski definition) is 1. The summed E-state index contributed by atoms with van der Waals surface area (Å²) in [4.78, 5) is 24.9. The summed E-state index contributed by atoms with van der Waals surface area (Å²) in [5, 5.41) is 7.12. The van der Waals surface area contributed by atoms with Gasteiger partial charge in [-0.1, -0.05) is 0 Å². The first kappa shape index (κ1) is 21.2. The molecule has 0 spiro atoms. The highest BCUT2D eigenvalue weighted by Crippen LogP contribution is 2.34. The molecule has 0 saturated carbocycles.